The summed E-state index contributed by atoms with van der Waals surface area (Å²) in [5, 5.41) is 11.0. The zero-order chi connectivity index (χ0) is 17.9. The first-order chi connectivity index (χ1) is 12.2. The van der Waals surface area contributed by atoms with Crippen molar-refractivity contribution in [2.45, 2.75) is 19.0 Å². The van der Waals surface area contributed by atoms with Crippen molar-refractivity contribution in [3.05, 3.63) is 71.8 Å². The highest BCUT2D eigenvalue weighted by atomic mass is 16.2. The van der Waals surface area contributed by atoms with E-state index in [-0.39, 0.29) is 18.1 Å². The Bertz CT molecular complexity index is 662. The molecule has 4 amide bonds. The lowest BCUT2D eigenvalue weighted by Crippen LogP contribution is -2.49. The molecule has 6 heteroatoms. The number of hydrogen-bond donors (Lipinski definition) is 4. The van der Waals surface area contributed by atoms with Crippen molar-refractivity contribution in [3.63, 3.8) is 0 Å². The first-order valence-electron chi connectivity index (χ1n) is 8.25. The molecule has 2 rings (SSSR count). The summed E-state index contributed by atoms with van der Waals surface area (Å²) >= 11 is 0. The summed E-state index contributed by atoms with van der Waals surface area (Å²) in [5.74, 6) is 0. The van der Waals surface area contributed by atoms with E-state index in [0.29, 0.717) is 19.5 Å². The average Bonchev–Trinajstić information content (AvgIpc) is 2.66. The fraction of sp³-hybridized carbons (Fsp3) is 0.263. The van der Waals surface area contributed by atoms with Gasteiger partial charge in [-0.05, 0) is 17.5 Å². The summed E-state index contributed by atoms with van der Waals surface area (Å²) in [7, 11) is 1.56. The summed E-state index contributed by atoms with van der Waals surface area (Å²) in [6.07, 6.45) is 0.629. The van der Waals surface area contributed by atoms with E-state index in [9.17, 15) is 9.59 Å². The van der Waals surface area contributed by atoms with Crippen LogP contribution in [0.4, 0.5) is 9.59 Å². The van der Waals surface area contributed by atoms with Gasteiger partial charge in [-0.2, -0.15) is 0 Å². The highest BCUT2D eigenvalue weighted by Gasteiger charge is 2.14. The van der Waals surface area contributed by atoms with Crippen LogP contribution < -0.4 is 21.3 Å². The summed E-state index contributed by atoms with van der Waals surface area (Å²) in [6, 6.07) is 18.8. The van der Waals surface area contributed by atoms with Gasteiger partial charge in [-0.3, -0.25) is 0 Å². The Morgan fingerprint density at radius 1 is 0.840 bits per heavy atom. The predicted octanol–water partition coefficient (Wildman–Crippen LogP) is 2.03. The summed E-state index contributed by atoms with van der Waals surface area (Å²) in [5.41, 5.74) is 2.12. The van der Waals surface area contributed by atoms with Crippen molar-refractivity contribution in [2.75, 3.05) is 13.6 Å². The molecule has 0 aliphatic rings. The molecule has 0 spiro atoms. The van der Waals surface area contributed by atoms with Gasteiger partial charge in [0, 0.05) is 20.1 Å². The largest absolute Gasteiger partial charge is 0.341 e. The molecular weight excluding hydrogens is 316 g/mol. The quantitative estimate of drug-likeness (QED) is 0.622. The summed E-state index contributed by atoms with van der Waals surface area (Å²) in [6.45, 7) is 0.793. The lowest BCUT2D eigenvalue weighted by molar-refractivity contribution is 0.232. The van der Waals surface area contributed by atoms with Gasteiger partial charge in [0.1, 0.15) is 0 Å². The SMILES string of the molecule is CNC(=O)NC[C@H](Cc1ccccc1)NC(=O)NCc1ccccc1. The molecule has 1 atom stereocenters. The minimum atomic E-state index is -0.274. The number of nitrogens with one attached hydrogen (secondary N) is 4. The highest BCUT2D eigenvalue weighted by Crippen LogP contribution is 2.03. The third-order valence-electron chi connectivity index (χ3n) is 3.69. The van der Waals surface area contributed by atoms with Crippen LogP contribution in [0.15, 0.2) is 60.7 Å². The second-order valence-electron chi connectivity index (χ2n) is 5.66. The Balaban J connectivity index is 1.89. The van der Waals surface area contributed by atoms with Gasteiger partial charge in [-0.15, -0.1) is 0 Å². The molecule has 0 unspecified atom stereocenters. The van der Waals surface area contributed by atoms with Crippen LogP contribution in [0.25, 0.3) is 0 Å². The van der Waals surface area contributed by atoms with E-state index in [0.717, 1.165) is 11.1 Å². The molecular formula is C19H24N4O2. The Morgan fingerprint density at radius 3 is 2.04 bits per heavy atom. The van der Waals surface area contributed by atoms with Gasteiger partial charge in [-0.25, -0.2) is 9.59 Å². The Hall–Kier alpha value is -3.02. The number of rotatable bonds is 7. The van der Waals surface area contributed by atoms with Crippen LogP contribution in [0.1, 0.15) is 11.1 Å². The molecule has 0 saturated carbocycles. The Morgan fingerprint density at radius 2 is 1.44 bits per heavy atom. The van der Waals surface area contributed by atoms with Crippen molar-refractivity contribution in [3.8, 4) is 0 Å². The number of carbonyl (C=O) groups excluding carboxylic acids is 2. The summed E-state index contributed by atoms with van der Waals surface area (Å²) < 4.78 is 0. The first kappa shape index (κ1) is 18.3. The van der Waals surface area contributed by atoms with Crippen LogP contribution in [-0.4, -0.2) is 31.7 Å². The van der Waals surface area contributed by atoms with Crippen molar-refractivity contribution in [1.82, 2.24) is 21.3 Å². The molecule has 4 N–H and O–H groups in total. The minimum Gasteiger partial charge on any atom is -0.341 e. The third kappa shape index (κ3) is 6.95. The van der Waals surface area contributed by atoms with E-state index in [4.69, 9.17) is 0 Å². The topological polar surface area (TPSA) is 82.3 Å². The van der Waals surface area contributed by atoms with Crippen LogP contribution in [0.2, 0.25) is 0 Å². The first-order valence-corrected chi connectivity index (χ1v) is 8.25. The number of urea groups is 2. The zero-order valence-electron chi connectivity index (χ0n) is 14.3. The van der Waals surface area contributed by atoms with E-state index in [1.807, 2.05) is 60.7 Å². The number of amides is 4. The predicted molar refractivity (Wildman–Crippen MR) is 98.2 cm³/mol. The molecule has 0 aliphatic heterocycles. The van der Waals surface area contributed by atoms with Crippen molar-refractivity contribution in [2.24, 2.45) is 0 Å². The maximum Gasteiger partial charge on any atom is 0.315 e. The number of benzene rings is 2. The molecule has 0 fully saturated rings. The van der Waals surface area contributed by atoms with E-state index in [1.54, 1.807) is 7.05 Å². The van der Waals surface area contributed by atoms with E-state index < -0.39 is 0 Å². The van der Waals surface area contributed by atoms with Gasteiger partial charge in [0.15, 0.2) is 0 Å². The minimum absolute atomic E-state index is 0.213. The maximum absolute atomic E-state index is 12.2. The zero-order valence-corrected chi connectivity index (χ0v) is 14.3. The van der Waals surface area contributed by atoms with Crippen molar-refractivity contribution >= 4 is 12.1 Å². The van der Waals surface area contributed by atoms with Crippen molar-refractivity contribution < 1.29 is 9.59 Å². The van der Waals surface area contributed by atoms with E-state index in [1.165, 1.54) is 0 Å². The van der Waals surface area contributed by atoms with Gasteiger partial charge in [0.2, 0.25) is 0 Å². The molecule has 132 valence electrons. The monoisotopic (exact) mass is 340 g/mol. The van der Waals surface area contributed by atoms with E-state index in [2.05, 4.69) is 21.3 Å². The van der Waals surface area contributed by atoms with E-state index >= 15 is 0 Å². The van der Waals surface area contributed by atoms with Crippen LogP contribution in [0.3, 0.4) is 0 Å². The molecule has 0 aliphatic carbocycles. The molecule has 6 nitrogen and oxygen atoms in total. The lowest BCUT2D eigenvalue weighted by Gasteiger charge is -2.20. The van der Waals surface area contributed by atoms with Crippen LogP contribution in [-0.2, 0) is 13.0 Å². The molecule has 0 bridgehead atoms. The normalized spacial score (nSPS) is 11.2. The van der Waals surface area contributed by atoms with Crippen molar-refractivity contribution in [1.29, 1.82) is 0 Å². The van der Waals surface area contributed by atoms with Crippen LogP contribution in [0.5, 0.6) is 0 Å². The van der Waals surface area contributed by atoms with Gasteiger partial charge in [-0.1, -0.05) is 60.7 Å². The second-order valence-corrected chi connectivity index (χ2v) is 5.66. The maximum atomic E-state index is 12.2. The Labute approximate surface area is 148 Å². The van der Waals surface area contributed by atoms with Gasteiger partial charge in [0.25, 0.3) is 0 Å². The molecule has 0 heterocycles. The molecule has 0 radical (unpaired) electrons. The standard InChI is InChI=1S/C19H24N4O2/c1-20-18(24)22-14-17(12-15-8-4-2-5-9-15)23-19(25)21-13-16-10-6-3-7-11-16/h2-11,17H,12-14H2,1H3,(H2,20,22,24)(H2,21,23,25)/t17-/m0/s1. The third-order valence-corrected chi connectivity index (χ3v) is 3.69. The highest BCUT2D eigenvalue weighted by molar-refractivity contribution is 5.75. The van der Waals surface area contributed by atoms with Crippen LogP contribution >= 0.6 is 0 Å². The fourth-order valence-electron chi connectivity index (χ4n) is 2.39. The van der Waals surface area contributed by atoms with Gasteiger partial charge in [0.05, 0.1) is 6.04 Å². The molecule has 0 aromatic heterocycles. The number of carbonyl (C=O) groups is 2. The van der Waals surface area contributed by atoms with Crippen LogP contribution in [0, 0.1) is 0 Å². The summed E-state index contributed by atoms with van der Waals surface area (Å²) in [4.78, 5) is 23.6. The van der Waals surface area contributed by atoms with Gasteiger partial charge < -0.3 is 21.3 Å². The second kappa shape index (κ2) is 9.97. The molecule has 25 heavy (non-hydrogen) atoms. The molecule has 2 aromatic rings. The fourth-order valence-corrected chi connectivity index (χ4v) is 2.39. The lowest BCUT2D eigenvalue weighted by atomic mass is 10.1. The molecule has 0 saturated heterocycles. The average molecular weight is 340 g/mol. The van der Waals surface area contributed by atoms with Gasteiger partial charge >= 0.3 is 12.1 Å². The molecule has 2 aromatic carbocycles. The Kier molecular flexibility index (Phi) is 7.31. The number of hydrogen-bond acceptors (Lipinski definition) is 2. The smallest absolute Gasteiger partial charge is 0.315 e.